The number of rotatable bonds is 3. The lowest BCUT2D eigenvalue weighted by atomic mass is 9.86. The maximum atomic E-state index is 13.7. The van der Waals surface area contributed by atoms with Crippen LogP contribution < -0.4 is 5.01 Å². The summed E-state index contributed by atoms with van der Waals surface area (Å²) in [5, 5.41) is 23.2. The molecule has 1 heterocycles. The first-order valence-corrected chi connectivity index (χ1v) is 10.2. The predicted molar refractivity (Wildman–Crippen MR) is 103 cm³/mol. The first-order chi connectivity index (χ1) is 17.8. The van der Waals surface area contributed by atoms with Gasteiger partial charge in [-0.1, -0.05) is 6.07 Å². The molecule has 1 aliphatic heterocycles. The summed E-state index contributed by atoms with van der Waals surface area (Å²) in [7, 11) is 0. The molecule has 3 atom stereocenters. The van der Waals surface area contributed by atoms with Crippen LogP contribution in [0.25, 0.3) is 0 Å². The predicted octanol–water partition coefficient (Wildman–Crippen LogP) is 7.17. The molecule has 0 fully saturated rings. The monoisotopic (exact) mass is 608 g/mol. The fraction of sp³-hybridized carbons (Fsp3) is 0.381. The second kappa shape index (κ2) is 9.71. The summed E-state index contributed by atoms with van der Waals surface area (Å²) >= 11 is 0. The van der Waals surface area contributed by atoms with E-state index in [9.17, 15) is 76.1 Å². The lowest BCUT2D eigenvalue weighted by molar-refractivity contribution is -0.145. The van der Waals surface area contributed by atoms with Gasteiger partial charge in [-0.05, 0) is 35.9 Å². The number of aliphatic hydroxyl groups is 2. The average molecular weight is 608 g/mol. The number of aliphatic hydroxyl groups excluding tert-OH is 2. The highest BCUT2D eigenvalue weighted by molar-refractivity contribution is 5.96. The number of benzene rings is 2. The van der Waals surface area contributed by atoms with E-state index in [2.05, 4.69) is 5.10 Å². The molecule has 3 rings (SSSR count). The second-order valence-corrected chi connectivity index (χ2v) is 8.24. The first kappa shape index (κ1) is 31.3. The van der Waals surface area contributed by atoms with E-state index >= 15 is 0 Å². The summed E-state index contributed by atoms with van der Waals surface area (Å²) in [5.41, 5.74) is -14.0. The minimum Gasteiger partial charge on any atom is -0.388 e. The van der Waals surface area contributed by atoms with Gasteiger partial charge in [0.15, 0.2) is 11.9 Å². The molecular weight excluding hydrogens is 597 g/mol. The van der Waals surface area contributed by atoms with Crippen LogP contribution in [0.3, 0.4) is 0 Å². The van der Waals surface area contributed by atoms with E-state index < -0.39 is 105 Å². The molecule has 0 amide bonds. The van der Waals surface area contributed by atoms with E-state index in [0.29, 0.717) is 0 Å². The molecular formula is C21H11F15N2O2. The smallest absolute Gasteiger partial charge is 0.388 e. The number of nitrogens with zero attached hydrogens (tertiary/aromatic N) is 2. The van der Waals surface area contributed by atoms with Gasteiger partial charge in [0.2, 0.25) is 0 Å². The lowest BCUT2D eigenvalue weighted by Crippen LogP contribution is -2.41. The molecule has 2 aromatic carbocycles. The molecule has 2 aromatic rings. The lowest BCUT2D eigenvalue weighted by Gasteiger charge is -2.30. The molecule has 0 saturated heterocycles. The van der Waals surface area contributed by atoms with Crippen molar-refractivity contribution < 1.29 is 76.1 Å². The number of alkyl halides is 15. The molecule has 0 saturated carbocycles. The van der Waals surface area contributed by atoms with Crippen LogP contribution in [0.2, 0.25) is 0 Å². The van der Waals surface area contributed by atoms with E-state index in [-0.39, 0.29) is 24.3 Å². The number of anilines is 1. The number of hydrogen-bond acceptors (Lipinski definition) is 4. The van der Waals surface area contributed by atoms with Crippen molar-refractivity contribution in [2.24, 2.45) is 11.0 Å². The van der Waals surface area contributed by atoms with Crippen molar-refractivity contribution in [1.29, 1.82) is 0 Å². The maximum absolute atomic E-state index is 13.7. The van der Waals surface area contributed by atoms with Crippen molar-refractivity contribution in [2.45, 2.75) is 43.2 Å². The highest BCUT2D eigenvalue weighted by atomic mass is 19.4. The molecule has 0 aliphatic carbocycles. The Hall–Kier alpha value is -3.22. The van der Waals surface area contributed by atoms with Gasteiger partial charge < -0.3 is 10.2 Å². The summed E-state index contributed by atoms with van der Waals surface area (Å²) in [4.78, 5) is 0. The van der Waals surface area contributed by atoms with Crippen molar-refractivity contribution in [3.8, 4) is 0 Å². The molecule has 222 valence electrons. The minimum absolute atomic E-state index is 0.0125. The summed E-state index contributed by atoms with van der Waals surface area (Å²) in [6, 6.07) is -1.17. The van der Waals surface area contributed by atoms with E-state index in [1.165, 1.54) is 0 Å². The third-order valence-corrected chi connectivity index (χ3v) is 5.61. The van der Waals surface area contributed by atoms with Gasteiger partial charge in [-0.3, -0.25) is 0 Å². The zero-order chi connectivity index (χ0) is 30.8. The van der Waals surface area contributed by atoms with Gasteiger partial charge in [0.25, 0.3) is 0 Å². The SMILES string of the molecule is OC(c1ccc(C(F)(F)F)cc1C(F)(F)F)C1C(C(F)(F)F)=NN(c2ccc(C(F)(F)F)cc2C(F)(F)F)C1O. The van der Waals surface area contributed by atoms with Gasteiger partial charge in [-0.2, -0.15) is 71.0 Å². The Morgan fingerprint density at radius 1 is 0.625 bits per heavy atom. The number of hydrazone groups is 1. The van der Waals surface area contributed by atoms with E-state index in [0.717, 1.165) is 0 Å². The van der Waals surface area contributed by atoms with Crippen molar-refractivity contribution in [3.05, 3.63) is 64.2 Å². The summed E-state index contributed by atoms with van der Waals surface area (Å²) in [6.07, 6.45) is -34.2. The van der Waals surface area contributed by atoms with Crippen LogP contribution in [0.5, 0.6) is 0 Å². The second-order valence-electron chi connectivity index (χ2n) is 8.24. The Labute approximate surface area is 211 Å². The molecule has 0 bridgehead atoms. The van der Waals surface area contributed by atoms with Crippen LogP contribution in [0.1, 0.15) is 33.9 Å². The topological polar surface area (TPSA) is 56.1 Å². The van der Waals surface area contributed by atoms with Crippen LogP contribution in [0.4, 0.5) is 71.5 Å². The first-order valence-electron chi connectivity index (χ1n) is 10.2. The third-order valence-electron chi connectivity index (χ3n) is 5.61. The fourth-order valence-corrected chi connectivity index (χ4v) is 3.86. The van der Waals surface area contributed by atoms with Crippen LogP contribution >= 0.6 is 0 Å². The average Bonchev–Trinajstić information content (AvgIpc) is 3.12. The normalized spacial score (nSPS) is 20.1. The molecule has 4 nitrogen and oxygen atoms in total. The zero-order valence-corrected chi connectivity index (χ0v) is 18.7. The van der Waals surface area contributed by atoms with E-state index in [4.69, 9.17) is 0 Å². The number of hydrogen-bond donors (Lipinski definition) is 2. The Bertz CT molecular complexity index is 1290. The van der Waals surface area contributed by atoms with Gasteiger partial charge in [0.1, 0.15) is 0 Å². The summed E-state index contributed by atoms with van der Waals surface area (Å²) < 4.78 is 200. The van der Waals surface area contributed by atoms with Crippen molar-refractivity contribution in [1.82, 2.24) is 0 Å². The molecule has 0 radical (unpaired) electrons. The molecule has 2 N–H and O–H groups in total. The Morgan fingerprint density at radius 2 is 1.07 bits per heavy atom. The number of halogens is 15. The van der Waals surface area contributed by atoms with Crippen LogP contribution in [0.15, 0.2) is 41.5 Å². The molecule has 40 heavy (non-hydrogen) atoms. The van der Waals surface area contributed by atoms with Gasteiger partial charge >= 0.3 is 30.9 Å². The van der Waals surface area contributed by atoms with Gasteiger partial charge in [-0.25, -0.2) is 5.01 Å². The quantitative estimate of drug-likeness (QED) is 0.364. The summed E-state index contributed by atoms with van der Waals surface area (Å²) in [6.45, 7) is 0. The highest BCUT2D eigenvalue weighted by Crippen LogP contribution is 2.47. The molecule has 0 spiro atoms. The Balaban J connectivity index is 2.20. The molecule has 3 unspecified atom stereocenters. The van der Waals surface area contributed by atoms with Gasteiger partial charge in [-0.15, -0.1) is 0 Å². The Morgan fingerprint density at radius 3 is 1.50 bits per heavy atom. The third kappa shape index (κ3) is 6.08. The molecule has 0 aromatic heterocycles. The van der Waals surface area contributed by atoms with Crippen molar-refractivity contribution in [3.63, 3.8) is 0 Å². The fourth-order valence-electron chi connectivity index (χ4n) is 3.86. The maximum Gasteiger partial charge on any atom is 0.431 e. The highest BCUT2D eigenvalue weighted by Gasteiger charge is 2.55. The minimum atomic E-state index is -5.77. The largest absolute Gasteiger partial charge is 0.431 e. The van der Waals surface area contributed by atoms with E-state index in [1.54, 1.807) is 0 Å². The van der Waals surface area contributed by atoms with Crippen molar-refractivity contribution >= 4 is 11.4 Å². The molecule has 19 heteroatoms. The van der Waals surface area contributed by atoms with E-state index in [1.807, 2.05) is 0 Å². The van der Waals surface area contributed by atoms with Crippen LogP contribution in [-0.2, 0) is 24.7 Å². The van der Waals surface area contributed by atoms with Crippen molar-refractivity contribution in [2.75, 3.05) is 5.01 Å². The Kier molecular flexibility index (Phi) is 7.60. The van der Waals surface area contributed by atoms with Crippen LogP contribution in [0, 0.1) is 5.92 Å². The standard InChI is InChI=1S/C21H11F15N2O2/c22-17(23,24)7-1-3-9(10(5-7)19(28,29)30)14(39)13-15(21(34,35)36)37-38(16(13)40)12-4-2-8(18(25,26)27)6-11(12)20(31,32)33/h1-6,13-14,16,39-40H. The molecule has 1 aliphatic rings. The summed E-state index contributed by atoms with van der Waals surface area (Å²) in [5.74, 6) is -3.07. The zero-order valence-electron chi connectivity index (χ0n) is 18.7. The van der Waals surface area contributed by atoms with Gasteiger partial charge in [0, 0.05) is 0 Å². The van der Waals surface area contributed by atoms with Crippen LogP contribution in [-0.4, -0.2) is 28.3 Å². The van der Waals surface area contributed by atoms with Gasteiger partial charge in [0.05, 0.1) is 40.0 Å².